The summed E-state index contributed by atoms with van der Waals surface area (Å²) in [6.45, 7) is 0.780. The lowest BCUT2D eigenvalue weighted by molar-refractivity contribution is 0.0757. The summed E-state index contributed by atoms with van der Waals surface area (Å²) in [7, 11) is 2.01. The molecular formula is C15H15ClN2OS. The molecule has 1 aromatic carbocycles. The van der Waals surface area contributed by atoms with Crippen molar-refractivity contribution in [2.45, 2.75) is 5.37 Å². The van der Waals surface area contributed by atoms with E-state index in [4.69, 9.17) is 11.6 Å². The van der Waals surface area contributed by atoms with Gasteiger partial charge in [0.15, 0.2) is 0 Å². The first-order chi connectivity index (χ1) is 9.66. The summed E-state index contributed by atoms with van der Waals surface area (Å²) in [5.41, 5.74) is 1.85. The third kappa shape index (κ3) is 2.45. The van der Waals surface area contributed by atoms with Crippen LogP contribution in [0, 0.1) is 0 Å². The standard InChI is InChI=1S/C15H15ClN2OS/c1-17-8-2-3-13(17)15-18(9-10-20-15)14(19)11-4-6-12(16)7-5-11/h2-8,15H,9-10H2,1H3. The first-order valence-corrected chi connectivity index (χ1v) is 7.89. The van der Waals surface area contributed by atoms with Crippen molar-refractivity contribution in [2.24, 2.45) is 7.05 Å². The quantitative estimate of drug-likeness (QED) is 0.847. The van der Waals surface area contributed by atoms with Gasteiger partial charge < -0.3 is 9.47 Å². The third-order valence-electron chi connectivity index (χ3n) is 3.48. The molecule has 1 saturated heterocycles. The maximum atomic E-state index is 12.6. The Morgan fingerprint density at radius 3 is 2.70 bits per heavy atom. The lowest BCUT2D eigenvalue weighted by Gasteiger charge is -2.24. The highest BCUT2D eigenvalue weighted by Gasteiger charge is 2.32. The predicted octanol–water partition coefficient (Wildman–Crippen LogP) is 3.57. The summed E-state index contributed by atoms with van der Waals surface area (Å²) in [5.74, 6) is 1.03. The van der Waals surface area contributed by atoms with Gasteiger partial charge in [-0.25, -0.2) is 0 Å². The van der Waals surface area contributed by atoms with Crippen molar-refractivity contribution in [1.82, 2.24) is 9.47 Å². The van der Waals surface area contributed by atoms with Crippen molar-refractivity contribution in [3.63, 3.8) is 0 Å². The Hall–Kier alpha value is -1.39. The minimum atomic E-state index is 0.0675. The second kappa shape index (κ2) is 5.54. The van der Waals surface area contributed by atoms with Crippen LogP contribution in [-0.4, -0.2) is 27.7 Å². The zero-order chi connectivity index (χ0) is 14.1. The first-order valence-electron chi connectivity index (χ1n) is 6.46. The molecule has 2 aromatic rings. The van der Waals surface area contributed by atoms with Crippen molar-refractivity contribution in [3.8, 4) is 0 Å². The molecule has 0 saturated carbocycles. The summed E-state index contributed by atoms with van der Waals surface area (Å²) in [5, 5.41) is 0.745. The SMILES string of the molecule is Cn1cccc1C1SCCN1C(=O)c1ccc(Cl)cc1. The van der Waals surface area contributed by atoms with E-state index in [0.717, 1.165) is 18.0 Å². The molecule has 3 nitrogen and oxygen atoms in total. The van der Waals surface area contributed by atoms with Crippen LogP contribution in [0.25, 0.3) is 0 Å². The number of hydrogen-bond acceptors (Lipinski definition) is 2. The summed E-state index contributed by atoms with van der Waals surface area (Å²) in [4.78, 5) is 14.6. The van der Waals surface area contributed by atoms with E-state index in [-0.39, 0.29) is 11.3 Å². The van der Waals surface area contributed by atoms with Gasteiger partial charge in [-0.2, -0.15) is 0 Å². The fraction of sp³-hybridized carbons (Fsp3) is 0.267. The lowest BCUT2D eigenvalue weighted by atomic mass is 10.2. The molecule has 0 radical (unpaired) electrons. The van der Waals surface area contributed by atoms with Crippen molar-refractivity contribution in [2.75, 3.05) is 12.3 Å². The van der Waals surface area contributed by atoms with Gasteiger partial charge in [0.2, 0.25) is 0 Å². The Labute approximate surface area is 127 Å². The number of halogens is 1. The summed E-state index contributed by atoms with van der Waals surface area (Å²) in [6.07, 6.45) is 2.01. The molecule has 1 fully saturated rings. The van der Waals surface area contributed by atoms with E-state index in [1.54, 1.807) is 36.0 Å². The van der Waals surface area contributed by atoms with Crippen LogP contribution in [-0.2, 0) is 7.05 Å². The number of carbonyl (C=O) groups is 1. The topological polar surface area (TPSA) is 25.2 Å². The van der Waals surface area contributed by atoms with Gasteiger partial charge in [-0.3, -0.25) is 4.79 Å². The third-order valence-corrected chi connectivity index (χ3v) is 4.96. The second-order valence-corrected chi connectivity index (χ2v) is 6.40. The second-order valence-electron chi connectivity index (χ2n) is 4.77. The molecule has 0 spiro atoms. The summed E-state index contributed by atoms with van der Waals surface area (Å²) >= 11 is 7.68. The van der Waals surface area contributed by atoms with Crippen LogP contribution in [0.1, 0.15) is 21.4 Å². The molecule has 0 aliphatic carbocycles. The van der Waals surface area contributed by atoms with Gasteiger partial charge in [0.05, 0.1) is 5.69 Å². The molecule has 0 N–H and O–H groups in total. The van der Waals surface area contributed by atoms with Gasteiger partial charge >= 0.3 is 0 Å². The van der Waals surface area contributed by atoms with Crippen LogP contribution in [0.3, 0.4) is 0 Å². The van der Waals surface area contributed by atoms with E-state index >= 15 is 0 Å². The number of amides is 1. The van der Waals surface area contributed by atoms with Gasteiger partial charge in [-0.1, -0.05) is 11.6 Å². The van der Waals surface area contributed by atoms with Crippen LogP contribution >= 0.6 is 23.4 Å². The Bertz CT molecular complexity index is 623. The number of aryl methyl sites for hydroxylation is 1. The number of rotatable bonds is 2. The van der Waals surface area contributed by atoms with Crippen LogP contribution in [0.15, 0.2) is 42.6 Å². The molecule has 1 aliphatic heterocycles. The van der Waals surface area contributed by atoms with Crippen LogP contribution in [0.5, 0.6) is 0 Å². The molecular weight excluding hydrogens is 292 g/mol. The molecule has 1 atom stereocenters. The number of benzene rings is 1. The number of thioether (sulfide) groups is 1. The normalized spacial score (nSPS) is 18.5. The number of nitrogens with zero attached hydrogens (tertiary/aromatic N) is 2. The summed E-state index contributed by atoms with van der Waals surface area (Å²) in [6, 6.07) is 11.2. The van der Waals surface area contributed by atoms with Crippen LogP contribution in [0.2, 0.25) is 5.02 Å². The average molecular weight is 307 g/mol. The molecule has 1 unspecified atom stereocenters. The van der Waals surface area contributed by atoms with Crippen LogP contribution in [0.4, 0.5) is 0 Å². The zero-order valence-electron chi connectivity index (χ0n) is 11.1. The van der Waals surface area contributed by atoms with Crippen molar-refractivity contribution in [1.29, 1.82) is 0 Å². The highest BCUT2D eigenvalue weighted by atomic mass is 35.5. The van der Waals surface area contributed by atoms with Gasteiger partial charge in [0.25, 0.3) is 5.91 Å². The maximum absolute atomic E-state index is 12.6. The van der Waals surface area contributed by atoms with Crippen LogP contribution < -0.4 is 0 Å². The zero-order valence-corrected chi connectivity index (χ0v) is 12.7. The van der Waals surface area contributed by atoms with Crippen molar-refractivity contribution < 1.29 is 4.79 Å². The minimum absolute atomic E-state index is 0.0675. The average Bonchev–Trinajstić information content (AvgIpc) is 3.07. The molecule has 0 bridgehead atoms. The Balaban J connectivity index is 1.87. The Kier molecular flexibility index (Phi) is 3.76. The smallest absolute Gasteiger partial charge is 0.255 e. The molecule has 1 aliphatic rings. The van der Waals surface area contributed by atoms with Gasteiger partial charge in [0, 0.05) is 36.1 Å². The molecule has 1 amide bonds. The summed E-state index contributed by atoms with van der Waals surface area (Å²) < 4.78 is 2.07. The molecule has 2 heterocycles. The molecule has 104 valence electrons. The van der Waals surface area contributed by atoms with Gasteiger partial charge in [0.1, 0.15) is 5.37 Å². The predicted molar refractivity (Wildman–Crippen MR) is 83.1 cm³/mol. The van der Waals surface area contributed by atoms with E-state index < -0.39 is 0 Å². The van der Waals surface area contributed by atoms with E-state index in [9.17, 15) is 4.79 Å². The minimum Gasteiger partial charge on any atom is -0.352 e. The maximum Gasteiger partial charge on any atom is 0.255 e. The Morgan fingerprint density at radius 1 is 1.30 bits per heavy atom. The number of hydrogen-bond donors (Lipinski definition) is 0. The Morgan fingerprint density at radius 2 is 2.05 bits per heavy atom. The fourth-order valence-electron chi connectivity index (χ4n) is 2.41. The highest BCUT2D eigenvalue weighted by Crippen LogP contribution is 2.38. The lowest BCUT2D eigenvalue weighted by Crippen LogP contribution is -2.31. The first kappa shape index (κ1) is 13.6. The van der Waals surface area contributed by atoms with E-state index in [1.807, 2.05) is 24.2 Å². The molecule has 1 aromatic heterocycles. The highest BCUT2D eigenvalue weighted by molar-refractivity contribution is 7.99. The molecule has 3 rings (SSSR count). The molecule has 20 heavy (non-hydrogen) atoms. The van der Waals surface area contributed by atoms with E-state index in [0.29, 0.717) is 10.6 Å². The largest absolute Gasteiger partial charge is 0.352 e. The van der Waals surface area contributed by atoms with E-state index in [1.165, 1.54) is 0 Å². The van der Waals surface area contributed by atoms with Gasteiger partial charge in [-0.05, 0) is 36.4 Å². The van der Waals surface area contributed by atoms with Crippen molar-refractivity contribution in [3.05, 3.63) is 58.9 Å². The monoisotopic (exact) mass is 306 g/mol. The number of aromatic nitrogens is 1. The molecule has 5 heteroatoms. The fourth-order valence-corrected chi connectivity index (χ4v) is 3.86. The van der Waals surface area contributed by atoms with E-state index in [2.05, 4.69) is 10.6 Å². The van der Waals surface area contributed by atoms with Crippen molar-refractivity contribution >= 4 is 29.3 Å². The van der Waals surface area contributed by atoms with Gasteiger partial charge in [-0.15, -0.1) is 11.8 Å². The number of carbonyl (C=O) groups excluding carboxylic acids is 1.